The van der Waals surface area contributed by atoms with Crippen molar-refractivity contribution in [2.45, 2.75) is 57.4 Å². The fraction of sp³-hybridized carbons (Fsp3) is 0.448. The Bertz CT molecular complexity index is 1360. The Balaban J connectivity index is 1.62. The fourth-order valence-corrected chi connectivity index (χ4v) is 4.83. The van der Waals surface area contributed by atoms with Crippen LogP contribution in [0.15, 0.2) is 48.7 Å². The molecule has 0 atom stereocenters. The van der Waals surface area contributed by atoms with Gasteiger partial charge in [-0.2, -0.15) is 13.2 Å². The molecule has 0 amide bonds. The van der Waals surface area contributed by atoms with Crippen molar-refractivity contribution < 1.29 is 36.2 Å². The summed E-state index contributed by atoms with van der Waals surface area (Å²) < 4.78 is 82.3. The number of likely N-dealkylation sites (tertiary alicyclic amines) is 1. The van der Waals surface area contributed by atoms with Crippen LogP contribution in [0.4, 0.5) is 26.7 Å². The molecular weight excluding hydrogens is 533 g/mol. The zero-order valence-corrected chi connectivity index (χ0v) is 22.8. The van der Waals surface area contributed by atoms with E-state index in [9.17, 15) is 26.7 Å². The van der Waals surface area contributed by atoms with Gasteiger partial charge in [0.2, 0.25) is 0 Å². The molecule has 6 nitrogen and oxygen atoms in total. The highest BCUT2D eigenvalue weighted by Crippen LogP contribution is 2.38. The van der Waals surface area contributed by atoms with Gasteiger partial charge in [-0.3, -0.25) is 4.57 Å². The van der Waals surface area contributed by atoms with Crippen molar-refractivity contribution in [2.75, 3.05) is 26.7 Å². The number of carbonyl (C=O) groups is 1. The van der Waals surface area contributed by atoms with Crippen molar-refractivity contribution in [2.24, 2.45) is 0 Å². The highest BCUT2D eigenvalue weighted by Gasteiger charge is 2.38. The van der Waals surface area contributed by atoms with E-state index in [-0.39, 0.29) is 30.3 Å². The van der Waals surface area contributed by atoms with Crippen molar-refractivity contribution in [3.8, 4) is 11.4 Å². The molecule has 0 spiro atoms. The highest BCUT2D eigenvalue weighted by atomic mass is 19.4. The normalized spacial score (nSPS) is 16.2. The summed E-state index contributed by atoms with van der Waals surface area (Å²) in [5, 5.41) is 0. The van der Waals surface area contributed by atoms with Gasteiger partial charge >= 0.3 is 12.3 Å². The lowest BCUT2D eigenvalue weighted by atomic mass is 9.73. The summed E-state index contributed by atoms with van der Waals surface area (Å²) in [6.07, 6.45) is -2.99. The standard InChI is InChI=1S/C29H32F5N3O3/c1-27(2,3)40-26(38)37-11-5-6-25(37)24-15-19(29(32,33)34)14-21(35-24)17-39-18-28(9-12-36(4)13-10-28)22-8-7-20(30)16-23(22)31/h5-8,11,14-16H,9-10,12-13,17-18H2,1-4H3. The van der Waals surface area contributed by atoms with Crippen molar-refractivity contribution in [3.63, 3.8) is 0 Å². The summed E-state index contributed by atoms with van der Waals surface area (Å²) in [6.45, 7) is 6.06. The van der Waals surface area contributed by atoms with Gasteiger partial charge < -0.3 is 14.4 Å². The number of piperidine rings is 1. The lowest BCUT2D eigenvalue weighted by molar-refractivity contribution is -0.137. The quantitative estimate of drug-likeness (QED) is 0.308. The molecule has 3 heterocycles. The summed E-state index contributed by atoms with van der Waals surface area (Å²) in [7, 11) is 1.94. The molecule has 2 aromatic heterocycles. The summed E-state index contributed by atoms with van der Waals surface area (Å²) in [6, 6.07) is 8.18. The van der Waals surface area contributed by atoms with Crippen LogP contribution < -0.4 is 0 Å². The molecule has 1 aliphatic heterocycles. The Labute approximate surface area is 229 Å². The third-order valence-corrected chi connectivity index (χ3v) is 6.88. The Hall–Kier alpha value is -3.31. The average Bonchev–Trinajstić information content (AvgIpc) is 3.34. The second kappa shape index (κ2) is 11.3. The van der Waals surface area contributed by atoms with Crippen LogP contribution in [0.3, 0.4) is 0 Å². The van der Waals surface area contributed by atoms with Crippen LogP contribution >= 0.6 is 0 Å². The number of carbonyl (C=O) groups excluding carboxylic acids is 1. The van der Waals surface area contributed by atoms with Crippen LogP contribution in [0.25, 0.3) is 11.4 Å². The molecule has 1 fully saturated rings. The first kappa shape index (κ1) is 29.7. The molecule has 0 saturated carbocycles. The number of aromatic nitrogens is 2. The molecule has 1 aromatic carbocycles. The van der Waals surface area contributed by atoms with Gasteiger partial charge in [0.05, 0.1) is 35.9 Å². The van der Waals surface area contributed by atoms with E-state index in [2.05, 4.69) is 9.88 Å². The Morgan fingerprint density at radius 1 is 1.05 bits per heavy atom. The topological polar surface area (TPSA) is 56.6 Å². The van der Waals surface area contributed by atoms with E-state index in [0.717, 1.165) is 22.8 Å². The van der Waals surface area contributed by atoms with E-state index in [1.807, 2.05) is 7.05 Å². The van der Waals surface area contributed by atoms with Gasteiger partial charge in [-0.05, 0) is 89.6 Å². The Kier molecular flexibility index (Phi) is 8.37. The van der Waals surface area contributed by atoms with Gasteiger partial charge in [0.25, 0.3) is 0 Å². The maximum absolute atomic E-state index is 14.8. The Morgan fingerprint density at radius 2 is 1.75 bits per heavy atom. The molecule has 0 N–H and O–H groups in total. The van der Waals surface area contributed by atoms with Gasteiger partial charge in [0, 0.05) is 17.7 Å². The largest absolute Gasteiger partial charge is 0.443 e. The number of alkyl halides is 3. The molecule has 1 aliphatic rings. The minimum Gasteiger partial charge on any atom is -0.443 e. The van der Waals surface area contributed by atoms with Gasteiger partial charge in [-0.15, -0.1) is 0 Å². The van der Waals surface area contributed by atoms with Crippen LogP contribution in [-0.2, 0) is 27.7 Å². The SMILES string of the molecule is CN1CCC(COCc2cc(C(F)(F)F)cc(-c3cccn3C(=O)OC(C)(C)C)n2)(c2ccc(F)cc2F)CC1. The van der Waals surface area contributed by atoms with E-state index in [1.54, 1.807) is 20.8 Å². The molecule has 216 valence electrons. The molecule has 1 saturated heterocycles. The summed E-state index contributed by atoms with van der Waals surface area (Å²) in [5.74, 6) is -1.38. The number of nitrogens with zero attached hydrogens (tertiary/aromatic N) is 3. The molecule has 0 aliphatic carbocycles. The van der Waals surface area contributed by atoms with Gasteiger partial charge in [0.15, 0.2) is 0 Å². The monoisotopic (exact) mass is 565 g/mol. The van der Waals surface area contributed by atoms with Crippen LogP contribution in [0.2, 0.25) is 0 Å². The molecule has 3 aromatic rings. The Morgan fingerprint density at radius 3 is 2.38 bits per heavy atom. The van der Waals surface area contributed by atoms with E-state index in [0.29, 0.717) is 31.5 Å². The first-order valence-corrected chi connectivity index (χ1v) is 12.9. The third kappa shape index (κ3) is 6.87. The number of rotatable bonds is 6. The smallest absolute Gasteiger partial charge is 0.419 e. The van der Waals surface area contributed by atoms with Crippen LogP contribution in [-0.4, -0.2) is 52.9 Å². The minimum absolute atomic E-state index is 0.00490. The van der Waals surface area contributed by atoms with Crippen LogP contribution in [0, 0.1) is 11.6 Å². The van der Waals surface area contributed by atoms with Gasteiger partial charge in [0.1, 0.15) is 17.2 Å². The second-order valence-corrected chi connectivity index (χ2v) is 11.2. The highest BCUT2D eigenvalue weighted by molar-refractivity contribution is 5.78. The average molecular weight is 566 g/mol. The third-order valence-electron chi connectivity index (χ3n) is 6.88. The predicted octanol–water partition coefficient (Wildman–Crippen LogP) is 6.81. The molecule has 0 unspecified atom stereocenters. The molecule has 4 rings (SSSR count). The van der Waals surface area contributed by atoms with Gasteiger partial charge in [-0.1, -0.05) is 6.07 Å². The van der Waals surface area contributed by atoms with E-state index in [1.165, 1.54) is 30.5 Å². The van der Waals surface area contributed by atoms with E-state index < -0.39 is 40.5 Å². The summed E-state index contributed by atoms with van der Waals surface area (Å²) in [4.78, 5) is 19.1. The number of hydrogen-bond donors (Lipinski definition) is 0. The van der Waals surface area contributed by atoms with E-state index in [4.69, 9.17) is 9.47 Å². The molecule has 11 heteroatoms. The maximum atomic E-state index is 14.8. The maximum Gasteiger partial charge on any atom is 0.419 e. The van der Waals surface area contributed by atoms with Crippen LogP contribution in [0.1, 0.15) is 50.4 Å². The number of halogens is 5. The zero-order valence-electron chi connectivity index (χ0n) is 22.8. The number of benzene rings is 1. The van der Waals surface area contributed by atoms with Crippen molar-refractivity contribution in [1.29, 1.82) is 0 Å². The van der Waals surface area contributed by atoms with Crippen molar-refractivity contribution in [1.82, 2.24) is 14.5 Å². The van der Waals surface area contributed by atoms with E-state index >= 15 is 0 Å². The molecule has 0 bridgehead atoms. The number of pyridine rings is 1. The fourth-order valence-electron chi connectivity index (χ4n) is 4.83. The first-order valence-electron chi connectivity index (χ1n) is 12.9. The molecule has 0 radical (unpaired) electrons. The van der Waals surface area contributed by atoms with Crippen LogP contribution in [0.5, 0.6) is 0 Å². The number of ether oxygens (including phenoxy) is 2. The van der Waals surface area contributed by atoms with Gasteiger partial charge in [-0.25, -0.2) is 18.6 Å². The second-order valence-electron chi connectivity index (χ2n) is 11.2. The van der Waals surface area contributed by atoms with Crippen molar-refractivity contribution in [3.05, 3.63) is 77.1 Å². The number of hydrogen-bond acceptors (Lipinski definition) is 5. The summed E-state index contributed by atoms with van der Waals surface area (Å²) in [5.41, 5.74) is -2.19. The predicted molar refractivity (Wildman–Crippen MR) is 139 cm³/mol. The first-order chi connectivity index (χ1) is 18.7. The molecular formula is C29H32F5N3O3. The lowest BCUT2D eigenvalue weighted by Crippen LogP contribution is -2.44. The lowest BCUT2D eigenvalue weighted by Gasteiger charge is -2.41. The summed E-state index contributed by atoms with van der Waals surface area (Å²) >= 11 is 0. The van der Waals surface area contributed by atoms with Crippen molar-refractivity contribution >= 4 is 6.09 Å². The minimum atomic E-state index is -4.68. The zero-order chi connectivity index (χ0) is 29.3. The molecule has 40 heavy (non-hydrogen) atoms.